The number of benzene rings is 1. The Morgan fingerprint density at radius 2 is 2.05 bits per heavy atom. The van der Waals surface area contributed by atoms with Crippen molar-refractivity contribution in [1.82, 2.24) is 4.90 Å². The van der Waals surface area contributed by atoms with E-state index in [0.717, 1.165) is 23.3 Å². The summed E-state index contributed by atoms with van der Waals surface area (Å²) in [5.74, 6) is 0.0793. The van der Waals surface area contributed by atoms with Gasteiger partial charge in [0.2, 0.25) is 0 Å². The highest BCUT2D eigenvalue weighted by atomic mass is 16.5. The average Bonchev–Trinajstić information content (AvgIpc) is 2.87. The van der Waals surface area contributed by atoms with Crippen LogP contribution in [0, 0.1) is 0 Å². The van der Waals surface area contributed by atoms with Crippen molar-refractivity contribution in [2.45, 2.75) is 12.5 Å². The Balaban J connectivity index is 1.89. The highest BCUT2D eigenvalue weighted by Crippen LogP contribution is 2.30. The summed E-state index contributed by atoms with van der Waals surface area (Å²) >= 11 is 0. The number of rotatable bonds is 3. The second-order valence-electron chi connectivity index (χ2n) is 4.85. The fraction of sp³-hybridized carbons (Fsp3) is 0.500. The van der Waals surface area contributed by atoms with Crippen molar-refractivity contribution in [2.75, 3.05) is 32.9 Å². The second-order valence-corrected chi connectivity index (χ2v) is 4.85. The molecular formula is C14H17NO4. The monoisotopic (exact) mass is 263 g/mol. The number of hydrogen-bond donors (Lipinski definition) is 1. The molecule has 5 heteroatoms. The smallest absolute Gasteiger partial charge is 0.325 e. The molecule has 2 heterocycles. The first-order chi connectivity index (χ1) is 9.25. The molecule has 3 rings (SSSR count). The molecular weight excluding hydrogens is 246 g/mol. The fourth-order valence-corrected chi connectivity index (χ4v) is 2.72. The van der Waals surface area contributed by atoms with Crippen LogP contribution in [-0.2, 0) is 16.0 Å². The van der Waals surface area contributed by atoms with Crippen molar-refractivity contribution in [3.63, 3.8) is 0 Å². The van der Waals surface area contributed by atoms with E-state index in [1.807, 2.05) is 23.1 Å². The van der Waals surface area contributed by atoms with Gasteiger partial charge in [0.1, 0.15) is 11.8 Å². The molecule has 0 radical (unpaired) electrons. The summed E-state index contributed by atoms with van der Waals surface area (Å²) in [5.41, 5.74) is 1.94. The lowest BCUT2D eigenvalue weighted by Gasteiger charge is -2.32. The summed E-state index contributed by atoms with van der Waals surface area (Å²) in [6.45, 7) is 3.19. The Kier molecular flexibility index (Phi) is 3.40. The predicted molar refractivity (Wildman–Crippen MR) is 68.4 cm³/mol. The summed E-state index contributed by atoms with van der Waals surface area (Å²) in [6, 6.07) is 5.12. The molecule has 1 saturated heterocycles. The zero-order chi connectivity index (χ0) is 13.2. The van der Waals surface area contributed by atoms with Gasteiger partial charge in [-0.25, -0.2) is 0 Å². The van der Waals surface area contributed by atoms with Gasteiger partial charge in [0, 0.05) is 19.5 Å². The predicted octanol–water partition coefficient (Wildman–Crippen LogP) is 1.08. The Morgan fingerprint density at radius 3 is 2.79 bits per heavy atom. The number of hydrogen-bond acceptors (Lipinski definition) is 4. The standard InChI is InChI=1S/C14H17NO4/c16-14(17)13(15-4-7-18-8-5-15)11-1-2-12-10(9-11)3-6-19-12/h1-2,9,13H,3-8H2,(H,16,17). The molecule has 1 N–H and O–H groups in total. The minimum Gasteiger partial charge on any atom is -0.493 e. The maximum absolute atomic E-state index is 11.6. The molecule has 1 fully saturated rings. The van der Waals surface area contributed by atoms with Crippen LogP contribution < -0.4 is 4.74 Å². The molecule has 0 amide bonds. The number of carboxylic acids is 1. The lowest BCUT2D eigenvalue weighted by Crippen LogP contribution is -2.42. The average molecular weight is 263 g/mol. The van der Waals surface area contributed by atoms with Crippen LogP contribution >= 0.6 is 0 Å². The van der Waals surface area contributed by atoms with Gasteiger partial charge in [0.05, 0.1) is 19.8 Å². The van der Waals surface area contributed by atoms with Crippen molar-refractivity contribution < 1.29 is 19.4 Å². The number of morpholine rings is 1. The highest BCUT2D eigenvalue weighted by molar-refractivity contribution is 5.76. The third-order valence-electron chi connectivity index (χ3n) is 3.67. The van der Waals surface area contributed by atoms with E-state index in [2.05, 4.69) is 0 Å². The van der Waals surface area contributed by atoms with E-state index in [9.17, 15) is 9.90 Å². The zero-order valence-electron chi connectivity index (χ0n) is 10.7. The summed E-state index contributed by atoms with van der Waals surface area (Å²) in [5, 5.41) is 9.51. The van der Waals surface area contributed by atoms with Gasteiger partial charge in [-0.2, -0.15) is 0 Å². The summed E-state index contributed by atoms with van der Waals surface area (Å²) in [6.07, 6.45) is 0.860. The Bertz CT molecular complexity index is 482. The quantitative estimate of drug-likeness (QED) is 0.884. The van der Waals surface area contributed by atoms with Crippen LogP contribution in [-0.4, -0.2) is 48.9 Å². The molecule has 2 aliphatic rings. The first kappa shape index (κ1) is 12.4. The van der Waals surface area contributed by atoms with Gasteiger partial charge < -0.3 is 14.6 Å². The van der Waals surface area contributed by atoms with E-state index in [4.69, 9.17) is 9.47 Å². The van der Waals surface area contributed by atoms with Gasteiger partial charge in [-0.05, 0) is 23.3 Å². The molecule has 0 spiro atoms. The van der Waals surface area contributed by atoms with Gasteiger partial charge >= 0.3 is 5.97 Å². The van der Waals surface area contributed by atoms with E-state index >= 15 is 0 Å². The largest absolute Gasteiger partial charge is 0.493 e. The van der Waals surface area contributed by atoms with Crippen LogP contribution in [0.1, 0.15) is 17.2 Å². The number of fused-ring (bicyclic) bond motifs is 1. The maximum Gasteiger partial charge on any atom is 0.325 e. The maximum atomic E-state index is 11.6. The Morgan fingerprint density at radius 1 is 1.26 bits per heavy atom. The lowest BCUT2D eigenvalue weighted by molar-refractivity contribution is -0.145. The Hall–Kier alpha value is -1.59. The minimum atomic E-state index is -0.805. The normalized spacial score (nSPS) is 20.6. The van der Waals surface area contributed by atoms with Crippen molar-refractivity contribution >= 4 is 5.97 Å². The molecule has 19 heavy (non-hydrogen) atoms. The molecule has 0 bridgehead atoms. The number of nitrogens with zero attached hydrogens (tertiary/aromatic N) is 1. The SMILES string of the molecule is O=C(O)C(c1ccc2c(c1)CCO2)N1CCOCC1. The molecule has 0 saturated carbocycles. The van der Waals surface area contributed by atoms with Crippen molar-refractivity contribution in [1.29, 1.82) is 0 Å². The number of ether oxygens (including phenoxy) is 2. The molecule has 1 unspecified atom stereocenters. The molecule has 0 aromatic heterocycles. The molecule has 0 aliphatic carbocycles. The fourth-order valence-electron chi connectivity index (χ4n) is 2.72. The van der Waals surface area contributed by atoms with Crippen LogP contribution in [0.4, 0.5) is 0 Å². The molecule has 2 aliphatic heterocycles. The van der Waals surface area contributed by atoms with Crippen LogP contribution in [0.3, 0.4) is 0 Å². The first-order valence-electron chi connectivity index (χ1n) is 6.56. The van der Waals surface area contributed by atoms with Gasteiger partial charge in [-0.3, -0.25) is 9.69 Å². The zero-order valence-corrected chi connectivity index (χ0v) is 10.7. The van der Waals surface area contributed by atoms with Crippen LogP contribution in [0.2, 0.25) is 0 Å². The van der Waals surface area contributed by atoms with Crippen molar-refractivity contribution in [3.8, 4) is 5.75 Å². The van der Waals surface area contributed by atoms with Gasteiger partial charge in [0.25, 0.3) is 0 Å². The Labute approximate surface area is 111 Å². The van der Waals surface area contributed by atoms with E-state index in [0.29, 0.717) is 32.9 Å². The second kappa shape index (κ2) is 5.19. The summed E-state index contributed by atoms with van der Waals surface area (Å²) < 4.78 is 10.7. The van der Waals surface area contributed by atoms with E-state index in [1.54, 1.807) is 0 Å². The van der Waals surface area contributed by atoms with Crippen LogP contribution in [0.5, 0.6) is 5.75 Å². The summed E-state index contributed by atoms with van der Waals surface area (Å²) in [7, 11) is 0. The van der Waals surface area contributed by atoms with Crippen molar-refractivity contribution in [2.24, 2.45) is 0 Å². The van der Waals surface area contributed by atoms with Gasteiger partial charge in [-0.1, -0.05) is 6.07 Å². The number of carboxylic acid groups (broad SMARTS) is 1. The molecule has 5 nitrogen and oxygen atoms in total. The molecule has 1 aromatic rings. The molecule has 102 valence electrons. The topological polar surface area (TPSA) is 59.0 Å². The molecule has 1 aromatic carbocycles. The number of aliphatic carboxylic acids is 1. The van der Waals surface area contributed by atoms with Gasteiger partial charge in [-0.15, -0.1) is 0 Å². The van der Waals surface area contributed by atoms with E-state index in [1.165, 1.54) is 0 Å². The van der Waals surface area contributed by atoms with Crippen molar-refractivity contribution in [3.05, 3.63) is 29.3 Å². The molecule has 1 atom stereocenters. The lowest BCUT2D eigenvalue weighted by atomic mass is 10.0. The third-order valence-corrected chi connectivity index (χ3v) is 3.67. The first-order valence-corrected chi connectivity index (χ1v) is 6.56. The third kappa shape index (κ3) is 2.43. The number of carbonyl (C=O) groups is 1. The highest BCUT2D eigenvalue weighted by Gasteiger charge is 2.29. The van der Waals surface area contributed by atoms with Crippen LogP contribution in [0.15, 0.2) is 18.2 Å². The van der Waals surface area contributed by atoms with Gasteiger partial charge in [0.15, 0.2) is 0 Å². The van der Waals surface area contributed by atoms with Crippen LogP contribution in [0.25, 0.3) is 0 Å². The minimum absolute atomic E-state index is 0.588. The van der Waals surface area contributed by atoms with E-state index in [-0.39, 0.29) is 0 Å². The van der Waals surface area contributed by atoms with E-state index < -0.39 is 12.0 Å². The summed E-state index contributed by atoms with van der Waals surface area (Å²) in [4.78, 5) is 13.5.